The third kappa shape index (κ3) is 4.13. The molecule has 4 rings (SSSR count). The van der Waals surface area contributed by atoms with Crippen molar-refractivity contribution < 1.29 is 13.6 Å². The first kappa shape index (κ1) is 19.5. The third-order valence-corrected chi connectivity index (χ3v) is 5.09. The van der Waals surface area contributed by atoms with E-state index in [9.17, 15) is 13.6 Å². The number of aryl methyl sites for hydroxylation is 2. The summed E-state index contributed by atoms with van der Waals surface area (Å²) in [5.41, 5.74) is 2.33. The number of carbonyl (C=O) groups is 1. The summed E-state index contributed by atoms with van der Waals surface area (Å²) < 4.78 is 30.5. The van der Waals surface area contributed by atoms with Gasteiger partial charge >= 0.3 is 0 Å². The molecule has 3 aromatic heterocycles. The van der Waals surface area contributed by atoms with Gasteiger partial charge in [-0.25, -0.2) is 18.4 Å². The molecule has 1 atom stereocenters. The molecule has 3 aromatic rings. The summed E-state index contributed by atoms with van der Waals surface area (Å²) in [4.78, 5) is 17.1. The summed E-state index contributed by atoms with van der Waals surface area (Å²) in [6, 6.07) is 3.26. The Balaban J connectivity index is 1.54. The number of pyridine rings is 1. The lowest BCUT2D eigenvalue weighted by Gasteiger charge is -2.14. The van der Waals surface area contributed by atoms with E-state index in [-0.39, 0.29) is 30.0 Å². The van der Waals surface area contributed by atoms with Crippen molar-refractivity contribution in [2.75, 3.05) is 0 Å². The molecule has 0 saturated heterocycles. The Morgan fingerprint density at radius 2 is 2.07 bits per heavy atom. The Labute approximate surface area is 167 Å². The molecule has 3 heterocycles. The minimum atomic E-state index is -2.61. The molecule has 1 unspecified atom stereocenters. The highest BCUT2D eigenvalue weighted by Crippen LogP contribution is 2.41. The Bertz CT molecular complexity index is 1050. The van der Waals surface area contributed by atoms with Gasteiger partial charge < -0.3 is 5.32 Å². The fourth-order valence-corrected chi connectivity index (χ4v) is 3.63. The number of nitrogens with zero attached hydrogens (tertiary/aromatic N) is 5. The zero-order valence-corrected chi connectivity index (χ0v) is 16.7. The molecule has 1 amide bonds. The zero-order chi connectivity index (χ0) is 20.7. The third-order valence-electron chi connectivity index (χ3n) is 5.09. The molecule has 0 radical (unpaired) electrons. The van der Waals surface area contributed by atoms with E-state index in [0.717, 1.165) is 18.5 Å². The first-order valence-corrected chi connectivity index (χ1v) is 9.77. The Morgan fingerprint density at radius 3 is 2.69 bits per heavy atom. The molecular formula is C20H24F2N6O. The zero-order valence-electron chi connectivity index (χ0n) is 16.7. The number of alkyl halides is 2. The highest BCUT2D eigenvalue weighted by Gasteiger charge is 2.29. The topological polar surface area (TPSA) is 77.6 Å². The van der Waals surface area contributed by atoms with Crippen LogP contribution in [0.4, 0.5) is 8.78 Å². The number of aromatic nitrogens is 5. The average molecular weight is 402 g/mol. The predicted molar refractivity (Wildman–Crippen MR) is 104 cm³/mol. The minimum absolute atomic E-state index is 0.0523. The summed E-state index contributed by atoms with van der Waals surface area (Å²) in [6.07, 6.45) is 1.16. The van der Waals surface area contributed by atoms with Crippen molar-refractivity contribution >= 4 is 16.9 Å². The second kappa shape index (κ2) is 7.53. The van der Waals surface area contributed by atoms with Gasteiger partial charge in [0.15, 0.2) is 5.65 Å². The van der Waals surface area contributed by atoms with E-state index in [0.29, 0.717) is 29.0 Å². The quantitative estimate of drug-likeness (QED) is 0.658. The maximum absolute atomic E-state index is 13.6. The normalized spacial score (nSPS) is 15.2. The van der Waals surface area contributed by atoms with E-state index >= 15 is 0 Å². The number of rotatable bonds is 7. The van der Waals surface area contributed by atoms with E-state index < -0.39 is 6.43 Å². The van der Waals surface area contributed by atoms with Crippen LogP contribution in [0.5, 0.6) is 0 Å². The van der Waals surface area contributed by atoms with Gasteiger partial charge in [-0.2, -0.15) is 10.2 Å². The van der Waals surface area contributed by atoms with Crippen molar-refractivity contribution in [1.82, 2.24) is 29.9 Å². The molecule has 1 aliphatic carbocycles. The molecule has 7 nitrogen and oxygen atoms in total. The smallest absolute Gasteiger partial charge is 0.264 e. The number of halogens is 2. The summed E-state index contributed by atoms with van der Waals surface area (Å²) in [5.74, 6) is -0.0186. The highest BCUT2D eigenvalue weighted by molar-refractivity contribution is 5.85. The lowest BCUT2D eigenvalue weighted by molar-refractivity contribution is -0.122. The predicted octanol–water partition coefficient (Wildman–Crippen LogP) is 3.26. The second-order valence-corrected chi connectivity index (χ2v) is 7.80. The van der Waals surface area contributed by atoms with Gasteiger partial charge in [0.25, 0.3) is 6.43 Å². The van der Waals surface area contributed by atoms with E-state index in [1.54, 1.807) is 11.6 Å². The van der Waals surface area contributed by atoms with Gasteiger partial charge in [-0.3, -0.25) is 9.48 Å². The largest absolute Gasteiger partial charge is 0.350 e. The fraction of sp³-hybridized carbons (Fsp3) is 0.500. The Kier molecular flexibility index (Phi) is 5.06. The molecule has 0 aliphatic heterocycles. The van der Waals surface area contributed by atoms with Crippen molar-refractivity contribution in [3.8, 4) is 0 Å². The SMILES string of the molecule is Cc1ccn(CC(C)NC(=O)Cn2nc(C)c3c(C(F)F)cc(C4CC4)nc32)n1. The number of nitrogens with one attached hydrogen (secondary N) is 1. The Hall–Kier alpha value is -2.84. The van der Waals surface area contributed by atoms with Crippen LogP contribution in [0.15, 0.2) is 18.3 Å². The van der Waals surface area contributed by atoms with E-state index in [2.05, 4.69) is 20.5 Å². The molecular weight excluding hydrogens is 378 g/mol. The molecule has 1 N–H and O–H groups in total. The molecule has 9 heteroatoms. The van der Waals surface area contributed by atoms with Crippen LogP contribution < -0.4 is 5.32 Å². The molecule has 154 valence electrons. The lowest BCUT2D eigenvalue weighted by Crippen LogP contribution is -2.38. The molecule has 1 aliphatic rings. The number of amides is 1. The molecule has 1 saturated carbocycles. The molecule has 0 spiro atoms. The molecule has 0 bridgehead atoms. The first-order valence-electron chi connectivity index (χ1n) is 9.77. The molecule has 0 aromatic carbocycles. The summed E-state index contributed by atoms with van der Waals surface area (Å²) in [7, 11) is 0. The maximum atomic E-state index is 13.6. The van der Waals surface area contributed by atoms with Crippen molar-refractivity contribution in [1.29, 1.82) is 0 Å². The summed E-state index contributed by atoms with van der Waals surface area (Å²) >= 11 is 0. The van der Waals surface area contributed by atoms with Gasteiger partial charge in [0.2, 0.25) is 5.91 Å². The monoisotopic (exact) mass is 402 g/mol. The van der Waals surface area contributed by atoms with Crippen LogP contribution in [0, 0.1) is 13.8 Å². The van der Waals surface area contributed by atoms with Gasteiger partial charge in [-0.1, -0.05) is 0 Å². The molecule has 1 fully saturated rings. The van der Waals surface area contributed by atoms with Crippen LogP contribution in [0.2, 0.25) is 0 Å². The maximum Gasteiger partial charge on any atom is 0.264 e. The van der Waals surface area contributed by atoms with Crippen LogP contribution in [0.25, 0.3) is 11.0 Å². The number of carbonyl (C=O) groups excluding carboxylic acids is 1. The fourth-order valence-electron chi connectivity index (χ4n) is 3.63. The van der Waals surface area contributed by atoms with Crippen LogP contribution in [0.1, 0.15) is 54.8 Å². The lowest BCUT2D eigenvalue weighted by atomic mass is 10.1. The van der Waals surface area contributed by atoms with Gasteiger partial charge in [-0.15, -0.1) is 0 Å². The van der Waals surface area contributed by atoms with Gasteiger partial charge in [-0.05, 0) is 45.7 Å². The standard InChI is InChI=1S/C20H24F2N6O/c1-11-6-7-27(25-11)9-12(2)23-17(29)10-28-20-18(13(3)26-28)15(19(21)22)8-16(24-20)14-4-5-14/h6-8,12,14,19H,4-5,9-10H2,1-3H3,(H,23,29). The highest BCUT2D eigenvalue weighted by atomic mass is 19.3. The van der Waals surface area contributed by atoms with Gasteiger partial charge in [0.1, 0.15) is 6.54 Å². The van der Waals surface area contributed by atoms with Crippen LogP contribution in [-0.4, -0.2) is 36.5 Å². The minimum Gasteiger partial charge on any atom is -0.350 e. The summed E-state index contributed by atoms with van der Waals surface area (Å²) in [6.45, 7) is 5.93. The first-order chi connectivity index (χ1) is 13.8. The van der Waals surface area contributed by atoms with Crippen LogP contribution in [-0.2, 0) is 17.9 Å². The second-order valence-electron chi connectivity index (χ2n) is 7.80. The Morgan fingerprint density at radius 1 is 1.31 bits per heavy atom. The van der Waals surface area contributed by atoms with Crippen LogP contribution in [0.3, 0.4) is 0 Å². The van der Waals surface area contributed by atoms with Crippen molar-refractivity contribution in [2.24, 2.45) is 0 Å². The number of hydrogen-bond acceptors (Lipinski definition) is 4. The van der Waals surface area contributed by atoms with E-state index in [1.807, 2.05) is 26.1 Å². The van der Waals surface area contributed by atoms with Crippen molar-refractivity contribution in [3.63, 3.8) is 0 Å². The van der Waals surface area contributed by atoms with E-state index in [4.69, 9.17) is 0 Å². The van der Waals surface area contributed by atoms with Crippen LogP contribution >= 0.6 is 0 Å². The summed E-state index contributed by atoms with van der Waals surface area (Å²) in [5, 5.41) is 11.9. The molecule has 29 heavy (non-hydrogen) atoms. The van der Waals surface area contributed by atoms with Crippen molar-refractivity contribution in [2.45, 2.75) is 65.1 Å². The van der Waals surface area contributed by atoms with Gasteiger partial charge in [0, 0.05) is 29.4 Å². The van der Waals surface area contributed by atoms with Gasteiger partial charge in [0.05, 0.1) is 23.3 Å². The average Bonchev–Trinajstić information content (AvgIpc) is 3.35. The number of fused-ring (bicyclic) bond motifs is 1. The van der Waals surface area contributed by atoms with E-state index in [1.165, 1.54) is 10.7 Å². The van der Waals surface area contributed by atoms with Crippen molar-refractivity contribution in [3.05, 3.63) is 41.0 Å². The number of hydrogen-bond donors (Lipinski definition) is 1.